The monoisotopic (exact) mass is 214 g/mol. The number of aromatic amines is 2. The van der Waals surface area contributed by atoms with Crippen molar-refractivity contribution in [2.75, 3.05) is 12.4 Å². The molecular weight excluding hydrogens is 204 g/mol. The fraction of sp³-hybridized carbons (Fsp3) is 0.100. The lowest BCUT2D eigenvalue weighted by molar-refractivity contribution is 1.08. The number of hydrogen-bond donors (Lipinski definition) is 3. The van der Waals surface area contributed by atoms with Crippen LogP contribution in [0.2, 0.25) is 0 Å². The average molecular weight is 214 g/mol. The molecule has 0 spiro atoms. The number of para-hydroxylation sites is 2. The molecule has 1 aromatic carbocycles. The van der Waals surface area contributed by atoms with Gasteiger partial charge >= 0.3 is 0 Å². The number of H-pyrrole nitrogens is 2. The molecule has 16 heavy (non-hydrogen) atoms. The van der Waals surface area contributed by atoms with E-state index in [9.17, 15) is 0 Å². The normalized spacial score (nSPS) is 10.8. The molecule has 6 heteroatoms. The highest BCUT2D eigenvalue weighted by Crippen LogP contribution is 2.17. The maximum absolute atomic E-state index is 4.41. The van der Waals surface area contributed by atoms with Crippen LogP contribution in [-0.2, 0) is 0 Å². The van der Waals surface area contributed by atoms with E-state index in [2.05, 4.69) is 30.5 Å². The van der Waals surface area contributed by atoms with Crippen LogP contribution < -0.4 is 5.32 Å². The van der Waals surface area contributed by atoms with Crippen molar-refractivity contribution in [3.8, 4) is 11.6 Å². The van der Waals surface area contributed by atoms with E-state index in [-0.39, 0.29) is 0 Å². The van der Waals surface area contributed by atoms with E-state index in [1.807, 2.05) is 24.3 Å². The van der Waals surface area contributed by atoms with Gasteiger partial charge in [-0.2, -0.15) is 4.98 Å². The lowest BCUT2D eigenvalue weighted by atomic mass is 10.3. The number of hydrogen-bond acceptors (Lipinski definition) is 4. The minimum atomic E-state index is 0.551. The van der Waals surface area contributed by atoms with Gasteiger partial charge in [-0.05, 0) is 12.1 Å². The zero-order valence-corrected chi connectivity index (χ0v) is 8.65. The summed E-state index contributed by atoms with van der Waals surface area (Å²) < 4.78 is 0. The Hall–Kier alpha value is -2.37. The fourth-order valence-corrected chi connectivity index (χ4v) is 1.54. The summed E-state index contributed by atoms with van der Waals surface area (Å²) in [5, 5.41) is 9.65. The summed E-state index contributed by atoms with van der Waals surface area (Å²) in [6.45, 7) is 0. The van der Waals surface area contributed by atoms with E-state index < -0.39 is 0 Å². The van der Waals surface area contributed by atoms with Crippen molar-refractivity contribution >= 4 is 17.0 Å². The van der Waals surface area contributed by atoms with Crippen LogP contribution in [0.25, 0.3) is 22.7 Å². The van der Waals surface area contributed by atoms with Gasteiger partial charge in [-0.25, -0.2) is 4.98 Å². The summed E-state index contributed by atoms with van der Waals surface area (Å²) in [4.78, 5) is 11.8. The smallest absolute Gasteiger partial charge is 0.242 e. The van der Waals surface area contributed by atoms with Crippen LogP contribution in [0, 0.1) is 0 Å². The van der Waals surface area contributed by atoms with Crippen molar-refractivity contribution in [1.29, 1.82) is 0 Å². The minimum absolute atomic E-state index is 0.551. The molecule has 3 rings (SSSR count). The van der Waals surface area contributed by atoms with Gasteiger partial charge in [-0.1, -0.05) is 12.1 Å². The Balaban J connectivity index is 2.11. The predicted octanol–water partition coefficient (Wildman–Crippen LogP) is 1.39. The molecule has 3 aromatic rings. The zero-order chi connectivity index (χ0) is 11.0. The third-order valence-corrected chi connectivity index (χ3v) is 2.32. The molecule has 80 valence electrons. The molecule has 0 aliphatic heterocycles. The summed E-state index contributed by atoms with van der Waals surface area (Å²) in [6.07, 6.45) is 0. The van der Waals surface area contributed by atoms with Gasteiger partial charge in [0.15, 0.2) is 11.6 Å². The first kappa shape index (κ1) is 8.90. The maximum atomic E-state index is 4.41. The molecule has 2 heterocycles. The van der Waals surface area contributed by atoms with Crippen LogP contribution >= 0.6 is 0 Å². The molecule has 6 nitrogen and oxygen atoms in total. The van der Waals surface area contributed by atoms with Crippen molar-refractivity contribution in [2.45, 2.75) is 0 Å². The lowest BCUT2D eigenvalue weighted by Gasteiger charge is -1.86. The topological polar surface area (TPSA) is 82.3 Å². The van der Waals surface area contributed by atoms with Crippen molar-refractivity contribution in [3.63, 3.8) is 0 Å². The standard InChI is InChI=1S/C10H10N6/c1-11-10-14-9(15-16-10)8-12-6-4-2-3-5-7(6)13-8/h2-5H,1H3,(H,12,13)(H2,11,14,15,16). The number of anilines is 1. The van der Waals surface area contributed by atoms with E-state index in [1.54, 1.807) is 7.05 Å². The van der Waals surface area contributed by atoms with Crippen molar-refractivity contribution in [1.82, 2.24) is 25.1 Å². The van der Waals surface area contributed by atoms with Crippen LogP contribution in [0.4, 0.5) is 5.95 Å². The number of nitrogens with one attached hydrogen (secondary N) is 3. The van der Waals surface area contributed by atoms with Crippen molar-refractivity contribution in [2.24, 2.45) is 0 Å². The molecule has 0 radical (unpaired) electrons. The second-order valence-electron chi connectivity index (χ2n) is 3.36. The first-order chi connectivity index (χ1) is 7.86. The van der Waals surface area contributed by atoms with Crippen LogP contribution in [0.15, 0.2) is 24.3 Å². The highest BCUT2D eigenvalue weighted by molar-refractivity contribution is 5.78. The highest BCUT2D eigenvalue weighted by atomic mass is 15.3. The number of nitrogens with zero attached hydrogens (tertiary/aromatic N) is 3. The van der Waals surface area contributed by atoms with Crippen LogP contribution in [-0.4, -0.2) is 32.2 Å². The molecular formula is C10H10N6. The first-order valence-corrected chi connectivity index (χ1v) is 4.92. The van der Waals surface area contributed by atoms with Gasteiger partial charge in [0.2, 0.25) is 5.95 Å². The van der Waals surface area contributed by atoms with E-state index >= 15 is 0 Å². The summed E-state index contributed by atoms with van der Waals surface area (Å²) in [6, 6.07) is 7.84. The maximum Gasteiger partial charge on any atom is 0.242 e. The third kappa shape index (κ3) is 1.31. The minimum Gasteiger partial charge on any atom is -0.356 e. The Morgan fingerprint density at radius 2 is 2.00 bits per heavy atom. The Kier molecular flexibility index (Phi) is 1.86. The summed E-state index contributed by atoms with van der Waals surface area (Å²) >= 11 is 0. The largest absolute Gasteiger partial charge is 0.356 e. The molecule has 0 aliphatic carbocycles. The summed E-state index contributed by atoms with van der Waals surface area (Å²) in [7, 11) is 1.77. The number of aromatic nitrogens is 5. The van der Waals surface area contributed by atoms with E-state index in [0.717, 1.165) is 11.0 Å². The quantitative estimate of drug-likeness (QED) is 0.602. The first-order valence-electron chi connectivity index (χ1n) is 4.92. The second kappa shape index (κ2) is 3.34. The third-order valence-electron chi connectivity index (χ3n) is 2.32. The molecule has 0 fully saturated rings. The fourth-order valence-electron chi connectivity index (χ4n) is 1.54. The Morgan fingerprint density at radius 3 is 2.75 bits per heavy atom. The molecule has 0 aliphatic rings. The molecule has 2 aromatic heterocycles. The van der Waals surface area contributed by atoms with Gasteiger partial charge in [0.1, 0.15) is 0 Å². The molecule has 0 saturated carbocycles. The Labute approximate surface area is 91.1 Å². The van der Waals surface area contributed by atoms with Crippen molar-refractivity contribution in [3.05, 3.63) is 24.3 Å². The summed E-state index contributed by atoms with van der Waals surface area (Å²) in [5.74, 6) is 1.87. The van der Waals surface area contributed by atoms with Gasteiger partial charge < -0.3 is 10.3 Å². The Morgan fingerprint density at radius 1 is 1.12 bits per heavy atom. The molecule has 0 bridgehead atoms. The number of fused-ring (bicyclic) bond motifs is 1. The van der Waals surface area contributed by atoms with Gasteiger partial charge in [0.25, 0.3) is 0 Å². The van der Waals surface area contributed by atoms with Gasteiger partial charge in [0.05, 0.1) is 11.0 Å². The second-order valence-corrected chi connectivity index (χ2v) is 3.36. The van der Waals surface area contributed by atoms with E-state index in [4.69, 9.17) is 0 Å². The highest BCUT2D eigenvalue weighted by Gasteiger charge is 2.08. The van der Waals surface area contributed by atoms with Gasteiger partial charge in [-0.15, -0.1) is 5.10 Å². The molecule has 0 saturated heterocycles. The van der Waals surface area contributed by atoms with Crippen LogP contribution in [0.5, 0.6) is 0 Å². The van der Waals surface area contributed by atoms with Crippen molar-refractivity contribution < 1.29 is 0 Å². The SMILES string of the molecule is CNc1n[nH]c(-c2nc3ccccc3[nH]2)n1. The van der Waals surface area contributed by atoms with E-state index in [1.165, 1.54) is 0 Å². The molecule has 0 atom stereocenters. The Bertz CT molecular complexity index is 590. The zero-order valence-electron chi connectivity index (χ0n) is 8.65. The van der Waals surface area contributed by atoms with E-state index in [0.29, 0.717) is 17.6 Å². The number of rotatable bonds is 2. The predicted molar refractivity (Wildman–Crippen MR) is 61.0 cm³/mol. The lowest BCUT2D eigenvalue weighted by Crippen LogP contribution is -1.89. The number of benzene rings is 1. The molecule has 0 unspecified atom stereocenters. The molecule has 0 amide bonds. The number of imidazole rings is 1. The molecule has 3 N–H and O–H groups in total. The average Bonchev–Trinajstić information content (AvgIpc) is 2.95. The van der Waals surface area contributed by atoms with Crippen LogP contribution in [0.3, 0.4) is 0 Å². The summed E-state index contributed by atoms with van der Waals surface area (Å²) in [5.41, 5.74) is 1.90. The van der Waals surface area contributed by atoms with Gasteiger partial charge in [-0.3, -0.25) is 5.10 Å². The van der Waals surface area contributed by atoms with Gasteiger partial charge in [0, 0.05) is 7.05 Å². The van der Waals surface area contributed by atoms with Crippen LogP contribution in [0.1, 0.15) is 0 Å².